The van der Waals surface area contributed by atoms with Gasteiger partial charge in [0.15, 0.2) is 11.5 Å². The normalized spacial score (nSPS) is 12.1. The van der Waals surface area contributed by atoms with E-state index in [1.807, 2.05) is 6.92 Å². The molecule has 0 radical (unpaired) electrons. The van der Waals surface area contributed by atoms with Gasteiger partial charge in [-0.1, -0.05) is 24.2 Å². The van der Waals surface area contributed by atoms with E-state index >= 15 is 0 Å². The monoisotopic (exact) mass is 292 g/mol. The Bertz CT molecular complexity index is 612. The summed E-state index contributed by atoms with van der Waals surface area (Å²) in [7, 11) is 0. The van der Waals surface area contributed by atoms with Gasteiger partial charge < -0.3 is 14.9 Å². The van der Waals surface area contributed by atoms with Crippen LogP contribution in [0.1, 0.15) is 30.3 Å². The topological polar surface area (TPSA) is 75.4 Å². The van der Waals surface area contributed by atoms with E-state index in [0.717, 1.165) is 0 Å². The number of nitrogens with one attached hydrogen (secondary N) is 1. The minimum Gasteiger partial charge on any atom is -0.396 e. The van der Waals surface area contributed by atoms with Crippen molar-refractivity contribution in [3.05, 3.63) is 41.8 Å². The molecule has 0 aliphatic carbocycles. The van der Waals surface area contributed by atoms with Crippen LogP contribution in [-0.2, 0) is 0 Å². The van der Waals surface area contributed by atoms with Crippen molar-refractivity contribution < 1.29 is 18.8 Å². The van der Waals surface area contributed by atoms with Gasteiger partial charge in [0.25, 0.3) is 5.91 Å². The summed E-state index contributed by atoms with van der Waals surface area (Å²) in [6.45, 7) is 1.91. The maximum atomic E-state index is 13.6. The molecular formula is C15H17FN2O3. The fraction of sp³-hybridized carbons (Fsp3) is 0.333. The molecule has 6 heteroatoms. The maximum Gasteiger partial charge on any atom is 0.273 e. The average Bonchev–Trinajstić information content (AvgIpc) is 2.97. The summed E-state index contributed by atoms with van der Waals surface area (Å²) in [5.74, 6) is -0.637. The van der Waals surface area contributed by atoms with Crippen molar-refractivity contribution >= 4 is 5.91 Å². The summed E-state index contributed by atoms with van der Waals surface area (Å²) in [6, 6.07) is 7.39. The van der Waals surface area contributed by atoms with Gasteiger partial charge in [0.1, 0.15) is 5.82 Å². The number of aliphatic hydroxyl groups is 1. The van der Waals surface area contributed by atoms with Gasteiger partial charge >= 0.3 is 0 Å². The summed E-state index contributed by atoms with van der Waals surface area (Å²) in [4.78, 5) is 12.0. The number of amides is 1. The number of benzene rings is 1. The van der Waals surface area contributed by atoms with E-state index < -0.39 is 11.7 Å². The molecule has 1 unspecified atom stereocenters. The molecule has 1 heterocycles. The molecule has 0 saturated heterocycles. The van der Waals surface area contributed by atoms with Crippen LogP contribution in [0.4, 0.5) is 4.39 Å². The highest BCUT2D eigenvalue weighted by atomic mass is 19.1. The van der Waals surface area contributed by atoms with Crippen molar-refractivity contribution in [1.29, 1.82) is 0 Å². The Kier molecular flexibility index (Phi) is 5.05. The van der Waals surface area contributed by atoms with Crippen molar-refractivity contribution in [2.45, 2.75) is 25.8 Å². The number of rotatable bonds is 6. The minimum atomic E-state index is -0.438. The van der Waals surface area contributed by atoms with Crippen LogP contribution < -0.4 is 5.32 Å². The second-order valence-corrected chi connectivity index (χ2v) is 4.65. The molecule has 112 valence electrons. The Morgan fingerprint density at radius 3 is 2.90 bits per heavy atom. The summed E-state index contributed by atoms with van der Waals surface area (Å²) < 4.78 is 18.7. The molecule has 0 saturated carbocycles. The van der Waals surface area contributed by atoms with E-state index in [1.54, 1.807) is 18.2 Å². The molecule has 1 atom stereocenters. The number of carbonyl (C=O) groups excluding carboxylic acids is 1. The van der Waals surface area contributed by atoms with Gasteiger partial charge in [0.05, 0.1) is 5.56 Å². The second-order valence-electron chi connectivity index (χ2n) is 4.65. The van der Waals surface area contributed by atoms with Gasteiger partial charge in [0, 0.05) is 18.7 Å². The van der Waals surface area contributed by atoms with Crippen LogP contribution in [0.15, 0.2) is 34.9 Å². The Morgan fingerprint density at radius 2 is 2.24 bits per heavy atom. The lowest BCUT2D eigenvalue weighted by atomic mass is 10.1. The van der Waals surface area contributed by atoms with Crippen molar-refractivity contribution in [2.24, 2.45) is 0 Å². The first-order valence-corrected chi connectivity index (χ1v) is 6.79. The molecule has 2 rings (SSSR count). The van der Waals surface area contributed by atoms with E-state index in [4.69, 9.17) is 9.63 Å². The molecule has 2 aromatic rings. The zero-order chi connectivity index (χ0) is 15.2. The number of halogens is 1. The van der Waals surface area contributed by atoms with Gasteiger partial charge in [-0.3, -0.25) is 4.79 Å². The van der Waals surface area contributed by atoms with Crippen molar-refractivity contribution in [2.75, 3.05) is 6.61 Å². The average molecular weight is 292 g/mol. The van der Waals surface area contributed by atoms with Crippen molar-refractivity contribution in [1.82, 2.24) is 10.5 Å². The van der Waals surface area contributed by atoms with Gasteiger partial charge in [-0.25, -0.2) is 4.39 Å². The van der Waals surface area contributed by atoms with E-state index in [0.29, 0.717) is 12.8 Å². The third kappa shape index (κ3) is 3.66. The van der Waals surface area contributed by atoms with Crippen LogP contribution >= 0.6 is 0 Å². The smallest absolute Gasteiger partial charge is 0.273 e. The molecule has 5 nitrogen and oxygen atoms in total. The first-order chi connectivity index (χ1) is 10.2. The lowest BCUT2D eigenvalue weighted by Crippen LogP contribution is -2.35. The van der Waals surface area contributed by atoms with Crippen LogP contribution in [-0.4, -0.2) is 28.8 Å². The van der Waals surface area contributed by atoms with Crippen LogP contribution in [0.3, 0.4) is 0 Å². The van der Waals surface area contributed by atoms with Crippen LogP contribution in [0.25, 0.3) is 11.3 Å². The van der Waals surface area contributed by atoms with Gasteiger partial charge in [0.2, 0.25) is 0 Å². The highest BCUT2D eigenvalue weighted by Gasteiger charge is 2.18. The van der Waals surface area contributed by atoms with Crippen LogP contribution in [0, 0.1) is 5.82 Å². The number of nitrogens with zero attached hydrogens (tertiary/aromatic N) is 1. The van der Waals surface area contributed by atoms with Crippen LogP contribution in [0.5, 0.6) is 0 Å². The standard InChI is InChI=1S/C15H17FN2O3/c1-2-10(7-8-19)17-15(20)13-9-14(21-18-13)11-5-3-4-6-12(11)16/h3-6,9-10,19H,2,7-8H2,1H3,(H,17,20). The first-order valence-electron chi connectivity index (χ1n) is 6.79. The lowest BCUT2D eigenvalue weighted by molar-refractivity contribution is 0.0920. The predicted molar refractivity (Wildman–Crippen MR) is 75.1 cm³/mol. The molecule has 1 aromatic carbocycles. The number of aliphatic hydroxyl groups excluding tert-OH is 1. The number of hydrogen-bond donors (Lipinski definition) is 2. The molecule has 0 aliphatic heterocycles. The third-order valence-corrected chi connectivity index (χ3v) is 3.19. The molecule has 1 amide bonds. The zero-order valence-electron chi connectivity index (χ0n) is 11.7. The summed E-state index contributed by atoms with van der Waals surface area (Å²) in [5.41, 5.74) is 0.344. The molecular weight excluding hydrogens is 275 g/mol. The van der Waals surface area contributed by atoms with E-state index in [2.05, 4.69) is 10.5 Å². The maximum absolute atomic E-state index is 13.6. The number of hydrogen-bond acceptors (Lipinski definition) is 4. The molecule has 2 N–H and O–H groups in total. The largest absolute Gasteiger partial charge is 0.396 e. The molecule has 1 aromatic heterocycles. The summed E-state index contributed by atoms with van der Waals surface area (Å²) >= 11 is 0. The Balaban J connectivity index is 2.13. The second kappa shape index (κ2) is 6.99. The van der Waals surface area contributed by atoms with Crippen molar-refractivity contribution in [3.8, 4) is 11.3 Å². The minimum absolute atomic E-state index is 0.00191. The van der Waals surface area contributed by atoms with Gasteiger partial charge in [-0.2, -0.15) is 0 Å². The third-order valence-electron chi connectivity index (χ3n) is 3.19. The van der Waals surface area contributed by atoms with E-state index in [-0.39, 0.29) is 29.7 Å². The van der Waals surface area contributed by atoms with Gasteiger partial charge in [-0.05, 0) is 25.0 Å². The quantitative estimate of drug-likeness (QED) is 0.857. The zero-order valence-corrected chi connectivity index (χ0v) is 11.7. The van der Waals surface area contributed by atoms with Crippen LogP contribution in [0.2, 0.25) is 0 Å². The molecule has 0 bridgehead atoms. The lowest BCUT2D eigenvalue weighted by Gasteiger charge is -2.14. The number of aromatic nitrogens is 1. The van der Waals surface area contributed by atoms with Crippen molar-refractivity contribution in [3.63, 3.8) is 0 Å². The summed E-state index contributed by atoms with van der Waals surface area (Å²) in [5, 5.41) is 15.3. The predicted octanol–water partition coefficient (Wildman–Crippen LogP) is 2.37. The fourth-order valence-corrected chi connectivity index (χ4v) is 1.96. The molecule has 0 spiro atoms. The highest BCUT2D eigenvalue weighted by molar-refractivity contribution is 5.93. The SMILES string of the molecule is CCC(CCO)NC(=O)c1cc(-c2ccccc2F)on1. The fourth-order valence-electron chi connectivity index (χ4n) is 1.96. The van der Waals surface area contributed by atoms with E-state index in [9.17, 15) is 9.18 Å². The highest BCUT2D eigenvalue weighted by Crippen LogP contribution is 2.23. The Hall–Kier alpha value is -2.21. The molecule has 0 fully saturated rings. The van der Waals surface area contributed by atoms with E-state index in [1.165, 1.54) is 12.1 Å². The van der Waals surface area contributed by atoms with Gasteiger partial charge in [-0.15, -0.1) is 0 Å². The first kappa shape index (κ1) is 15.2. The Labute approximate surface area is 121 Å². The Morgan fingerprint density at radius 1 is 1.48 bits per heavy atom. The number of carbonyl (C=O) groups is 1. The summed E-state index contributed by atoms with van der Waals surface area (Å²) in [6.07, 6.45) is 1.17. The molecule has 21 heavy (non-hydrogen) atoms. The molecule has 0 aliphatic rings.